The summed E-state index contributed by atoms with van der Waals surface area (Å²) in [4.78, 5) is 29.5. The number of carbonyl (C=O) groups is 2. The van der Waals surface area contributed by atoms with Crippen molar-refractivity contribution >= 4 is 28.5 Å². The third-order valence-electron chi connectivity index (χ3n) is 4.44. The molecule has 27 heavy (non-hydrogen) atoms. The van der Waals surface area contributed by atoms with E-state index in [2.05, 4.69) is 16.4 Å². The van der Waals surface area contributed by atoms with Gasteiger partial charge in [-0.2, -0.15) is 0 Å². The first-order valence-electron chi connectivity index (χ1n) is 8.56. The topological polar surface area (TPSA) is 87.5 Å². The zero-order valence-electron chi connectivity index (χ0n) is 14.7. The molecule has 2 amide bonds. The molecule has 1 aliphatic heterocycles. The standard InChI is InChI=1S/C20H18N4O3/c1-13-3-2-4-15(9-13)24-12-21-16-10-14(5-6-18(16)24)22-17-11-19(26)23(7-8-25)20(17)27/h2-6,9-12,22,25H,7-8H2,1H3. The molecule has 0 unspecified atom stereocenters. The van der Waals surface area contributed by atoms with E-state index in [1.807, 2.05) is 47.9 Å². The lowest BCUT2D eigenvalue weighted by Gasteiger charge is -2.13. The summed E-state index contributed by atoms with van der Waals surface area (Å²) in [6, 6.07) is 13.7. The maximum atomic E-state index is 12.2. The van der Waals surface area contributed by atoms with Gasteiger partial charge in [0.2, 0.25) is 0 Å². The van der Waals surface area contributed by atoms with Crippen molar-refractivity contribution in [3.05, 3.63) is 66.1 Å². The summed E-state index contributed by atoms with van der Waals surface area (Å²) < 4.78 is 2.00. The number of benzene rings is 2. The van der Waals surface area contributed by atoms with Gasteiger partial charge in [0.05, 0.1) is 24.2 Å². The van der Waals surface area contributed by atoms with E-state index in [-0.39, 0.29) is 18.8 Å². The lowest BCUT2D eigenvalue weighted by Crippen LogP contribution is -2.34. The van der Waals surface area contributed by atoms with Gasteiger partial charge in [-0.15, -0.1) is 0 Å². The normalized spacial score (nSPS) is 14.1. The van der Waals surface area contributed by atoms with E-state index >= 15 is 0 Å². The van der Waals surface area contributed by atoms with E-state index in [9.17, 15) is 9.59 Å². The zero-order chi connectivity index (χ0) is 19.0. The summed E-state index contributed by atoms with van der Waals surface area (Å²) in [5.74, 6) is -0.874. The summed E-state index contributed by atoms with van der Waals surface area (Å²) >= 11 is 0. The Hall–Kier alpha value is -3.45. The van der Waals surface area contributed by atoms with Crippen LogP contribution in [0.25, 0.3) is 16.7 Å². The molecule has 2 aromatic carbocycles. The second kappa shape index (κ2) is 6.69. The minimum absolute atomic E-state index is 0.0146. The number of imidazole rings is 1. The van der Waals surface area contributed by atoms with Gasteiger partial charge in [0.25, 0.3) is 11.8 Å². The molecule has 0 fully saturated rings. The smallest absolute Gasteiger partial charge is 0.277 e. The Balaban J connectivity index is 1.61. The Morgan fingerprint density at radius 3 is 2.78 bits per heavy atom. The zero-order valence-corrected chi connectivity index (χ0v) is 14.7. The fourth-order valence-corrected chi connectivity index (χ4v) is 3.14. The highest BCUT2D eigenvalue weighted by Crippen LogP contribution is 2.24. The second-order valence-corrected chi connectivity index (χ2v) is 6.36. The monoisotopic (exact) mass is 362 g/mol. The SMILES string of the molecule is Cc1cccc(-n2cnc3cc(NC4=CC(=O)N(CCO)C4=O)ccc32)c1. The van der Waals surface area contributed by atoms with E-state index < -0.39 is 11.8 Å². The number of nitrogens with zero attached hydrogens (tertiary/aromatic N) is 3. The predicted molar refractivity (Wildman–Crippen MR) is 101 cm³/mol. The van der Waals surface area contributed by atoms with E-state index in [0.717, 1.165) is 27.2 Å². The van der Waals surface area contributed by atoms with Crippen molar-refractivity contribution in [1.82, 2.24) is 14.5 Å². The first-order chi connectivity index (χ1) is 13.1. The van der Waals surface area contributed by atoms with Crippen molar-refractivity contribution in [1.29, 1.82) is 0 Å². The van der Waals surface area contributed by atoms with Gasteiger partial charge in [0, 0.05) is 17.5 Å². The third-order valence-corrected chi connectivity index (χ3v) is 4.44. The van der Waals surface area contributed by atoms with Gasteiger partial charge >= 0.3 is 0 Å². The molecule has 136 valence electrons. The van der Waals surface area contributed by atoms with Crippen LogP contribution in [0.1, 0.15) is 5.56 Å². The quantitative estimate of drug-likeness (QED) is 0.678. The van der Waals surface area contributed by atoms with Crippen LogP contribution in [0.15, 0.2) is 60.6 Å². The van der Waals surface area contributed by atoms with Crippen molar-refractivity contribution in [2.75, 3.05) is 18.5 Å². The number of amides is 2. The molecule has 7 nitrogen and oxygen atoms in total. The van der Waals surface area contributed by atoms with Crippen LogP contribution >= 0.6 is 0 Å². The minimum atomic E-state index is -0.445. The van der Waals surface area contributed by atoms with E-state index in [1.54, 1.807) is 6.33 Å². The molecule has 1 aliphatic rings. The molecule has 0 bridgehead atoms. The molecule has 1 aromatic heterocycles. The minimum Gasteiger partial charge on any atom is -0.395 e. The summed E-state index contributed by atoms with van der Waals surface area (Å²) in [7, 11) is 0. The van der Waals surface area contributed by atoms with Crippen LogP contribution in [0.5, 0.6) is 0 Å². The molecule has 7 heteroatoms. The van der Waals surface area contributed by atoms with Crippen molar-refractivity contribution in [3.8, 4) is 5.69 Å². The molecule has 0 radical (unpaired) electrons. The van der Waals surface area contributed by atoms with Gasteiger partial charge < -0.3 is 10.4 Å². The van der Waals surface area contributed by atoms with Crippen LogP contribution in [0.2, 0.25) is 0 Å². The third kappa shape index (κ3) is 3.09. The maximum absolute atomic E-state index is 12.2. The summed E-state index contributed by atoms with van der Waals surface area (Å²) in [6.07, 6.45) is 3.00. The Labute approximate surface area is 155 Å². The number of hydrogen-bond acceptors (Lipinski definition) is 5. The number of carbonyl (C=O) groups excluding carboxylic acids is 2. The Bertz CT molecular complexity index is 1080. The molecule has 0 aliphatic carbocycles. The molecule has 0 saturated heterocycles. The van der Waals surface area contributed by atoms with Gasteiger partial charge in [-0.05, 0) is 42.8 Å². The highest BCUT2D eigenvalue weighted by Gasteiger charge is 2.30. The number of aliphatic hydroxyl groups excluding tert-OH is 1. The summed E-state index contributed by atoms with van der Waals surface area (Å²) in [5.41, 5.74) is 4.75. The predicted octanol–water partition coefficient (Wildman–Crippen LogP) is 1.99. The van der Waals surface area contributed by atoms with E-state index in [0.29, 0.717) is 5.69 Å². The first kappa shape index (κ1) is 17.0. The fraction of sp³-hybridized carbons (Fsp3) is 0.150. The van der Waals surface area contributed by atoms with Gasteiger partial charge in [-0.25, -0.2) is 4.98 Å². The molecule has 4 rings (SSSR count). The molecular formula is C20H18N4O3. The molecule has 2 heterocycles. The molecular weight excluding hydrogens is 344 g/mol. The van der Waals surface area contributed by atoms with Gasteiger partial charge in [0.15, 0.2) is 0 Å². The fourth-order valence-electron chi connectivity index (χ4n) is 3.14. The number of β-amino-alcohol motifs (C(OH)–C–C–N with tert-alkyl or cyclic N) is 1. The average molecular weight is 362 g/mol. The van der Waals surface area contributed by atoms with Crippen LogP contribution in [-0.4, -0.2) is 44.5 Å². The number of aryl methyl sites for hydroxylation is 1. The largest absolute Gasteiger partial charge is 0.395 e. The number of nitrogens with one attached hydrogen (secondary N) is 1. The second-order valence-electron chi connectivity index (χ2n) is 6.36. The van der Waals surface area contributed by atoms with E-state index in [1.165, 1.54) is 6.08 Å². The maximum Gasteiger partial charge on any atom is 0.277 e. The highest BCUT2D eigenvalue weighted by atomic mass is 16.3. The number of anilines is 1. The molecule has 3 aromatic rings. The van der Waals surface area contributed by atoms with Crippen molar-refractivity contribution in [2.45, 2.75) is 6.92 Å². The summed E-state index contributed by atoms with van der Waals surface area (Å²) in [5, 5.41) is 11.9. The Morgan fingerprint density at radius 2 is 2.00 bits per heavy atom. The van der Waals surface area contributed by atoms with Crippen LogP contribution < -0.4 is 5.32 Å². The number of hydrogen-bond donors (Lipinski definition) is 2. The number of fused-ring (bicyclic) bond motifs is 1. The Morgan fingerprint density at radius 1 is 1.15 bits per heavy atom. The van der Waals surface area contributed by atoms with Gasteiger partial charge in [0.1, 0.15) is 12.0 Å². The molecule has 0 saturated carbocycles. The molecule has 2 N–H and O–H groups in total. The van der Waals surface area contributed by atoms with Crippen LogP contribution in [-0.2, 0) is 9.59 Å². The van der Waals surface area contributed by atoms with E-state index in [4.69, 9.17) is 5.11 Å². The van der Waals surface area contributed by atoms with Crippen LogP contribution in [0.4, 0.5) is 5.69 Å². The van der Waals surface area contributed by atoms with Crippen LogP contribution in [0, 0.1) is 6.92 Å². The summed E-state index contributed by atoms with van der Waals surface area (Å²) in [6.45, 7) is 1.76. The Kier molecular flexibility index (Phi) is 4.21. The number of rotatable bonds is 5. The van der Waals surface area contributed by atoms with Crippen molar-refractivity contribution in [2.24, 2.45) is 0 Å². The first-order valence-corrected chi connectivity index (χ1v) is 8.56. The van der Waals surface area contributed by atoms with Crippen molar-refractivity contribution < 1.29 is 14.7 Å². The molecule has 0 spiro atoms. The lowest BCUT2D eigenvalue weighted by atomic mass is 10.2. The van der Waals surface area contributed by atoms with Crippen LogP contribution in [0.3, 0.4) is 0 Å². The number of aromatic nitrogens is 2. The number of aliphatic hydroxyl groups is 1. The lowest BCUT2D eigenvalue weighted by molar-refractivity contribution is -0.137. The number of imide groups is 1. The molecule has 0 atom stereocenters. The average Bonchev–Trinajstić information content (AvgIpc) is 3.18. The van der Waals surface area contributed by atoms with Crippen molar-refractivity contribution in [3.63, 3.8) is 0 Å². The van der Waals surface area contributed by atoms with Gasteiger partial charge in [-0.3, -0.25) is 19.1 Å². The highest BCUT2D eigenvalue weighted by molar-refractivity contribution is 6.17. The van der Waals surface area contributed by atoms with Gasteiger partial charge in [-0.1, -0.05) is 12.1 Å².